The molecule has 13 heavy (non-hydrogen) atoms. The van der Waals surface area contributed by atoms with Gasteiger partial charge < -0.3 is 4.98 Å². The van der Waals surface area contributed by atoms with Gasteiger partial charge in [-0.25, -0.2) is 0 Å². The normalized spacial score (nSPS) is 9.62. The molecule has 2 heteroatoms. The predicted molar refractivity (Wildman–Crippen MR) is 59.0 cm³/mol. The average molecular weight is 187 g/mol. The summed E-state index contributed by atoms with van der Waals surface area (Å²) >= 11 is 4.05. The number of aromatic nitrogens is 1. The van der Waals surface area contributed by atoms with E-state index >= 15 is 0 Å². The maximum atomic E-state index is 4.05. The number of benzene rings is 1. The van der Waals surface area contributed by atoms with Gasteiger partial charge in [-0.3, -0.25) is 0 Å². The van der Waals surface area contributed by atoms with E-state index in [1.54, 1.807) is 0 Å². The predicted octanol–water partition coefficient (Wildman–Crippen LogP) is 2.45. The van der Waals surface area contributed by atoms with Crippen LogP contribution in [0.1, 0.15) is 5.56 Å². The number of hydrogen-bond donors (Lipinski definition) is 2. The summed E-state index contributed by atoms with van der Waals surface area (Å²) in [7, 11) is 0. The van der Waals surface area contributed by atoms with E-state index in [0.29, 0.717) is 5.75 Å². The van der Waals surface area contributed by atoms with Gasteiger partial charge in [0.2, 0.25) is 0 Å². The van der Waals surface area contributed by atoms with Crippen molar-refractivity contribution in [2.45, 2.75) is 0 Å². The summed E-state index contributed by atoms with van der Waals surface area (Å²) in [5.74, 6) is 6.60. The lowest BCUT2D eigenvalue weighted by Gasteiger charge is -1.92. The lowest BCUT2D eigenvalue weighted by Crippen LogP contribution is -1.77. The van der Waals surface area contributed by atoms with Gasteiger partial charge in [0.15, 0.2) is 0 Å². The zero-order valence-corrected chi connectivity index (χ0v) is 7.94. The molecule has 0 amide bonds. The number of aromatic amines is 1. The first-order valence-corrected chi connectivity index (χ1v) is 4.71. The minimum absolute atomic E-state index is 0.594. The summed E-state index contributed by atoms with van der Waals surface area (Å²) in [6.07, 6.45) is 1.93. The number of hydrogen-bond acceptors (Lipinski definition) is 1. The number of rotatable bonds is 0. The maximum absolute atomic E-state index is 4.05. The fourth-order valence-electron chi connectivity index (χ4n) is 1.32. The minimum atomic E-state index is 0.594. The Kier molecular flexibility index (Phi) is 2.29. The van der Waals surface area contributed by atoms with Gasteiger partial charge >= 0.3 is 0 Å². The molecule has 0 saturated heterocycles. The van der Waals surface area contributed by atoms with Crippen LogP contribution in [0.5, 0.6) is 0 Å². The van der Waals surface area contributed by atoms with Crippen LogP contribution < -0.4 is 0 Å². The average Bonchev–Trinajstić information content (AvgIpc) is 2.62. The Balaban J connectivity index is 2.61. The molecule has 1 nitrogen and oxygen atoms in total. The van der Waals surface area contributed by atoms with Crippen LogP contribution in [0.2, 0.25) is 0 Å². The molecule has 0 radical (unpaired) electrons. The van der Waals surface area contributed by atoms with Gasteiger partial charge in [0, 0.05) is 17.1 Å². The summed E-state index contributed by atoms with van der Waals surface area (Å²) < 4.78 is 0. The molecule has 2 aromatic rings. The first-order valence-electron chi connectivity index (χ1n) is 4.07. The molecule has 0 bridgehead atoms. The van der Waals surface area contributed by atoms with Crippen molar-refractivity contribution in [3.05, 3.63) is 36.0 Å². The van der Waals surface area contributed by atoms with Crippen LogP contribution in [0.25, 0.3) is 10.9 Å². The molecule has 1 heterocycles. The highest BCUT2D eigenvalue weighted by atomic mass is 32.1. The number of thiol groups is 1. The molecule has 0 saturated carbocycles. The van der Waals surface area contributed by atoms with E-state index in [0.717, 1.165) is 11.1 Å². The van der Waals surface area contributed by atoms with Crippen molar-refractivity contribution in [3.63, 3.8) is 0 Å². The van der Waals surface area contributed by atoms with Crippen molar-refractivity contribution in [1.29, 1.82) is 0 Å². The Morgan fingerprint density at radius 3 is 3.08 bits per heavy atom. The molecule has 0 aliphatic heterocycles. The SMILES string of the molecule is SCC#Cc1cccc2cc[nH]c12. The molecule has 64 valence electrons. The molecular formula is C11H9NS. The molecule has 0 unspecified atom stereocenters. The van der Waals surface area contributed by atoms with Crippen LogP contribution in [-0.4, -0.2) is 10.7 Å². The molecule has 0 aliphatic carbocycles. The molecule has 1 aromatic carbocycles. The third kappa shape index (κ3) is 1.56. The van der Waals surface area contributed by atoms with Gasteiger partial charge in [0.1, 0.15) is 0 Å². The summed E-state index contributed by atoms with van der Waals surface area (Å²) in [6.45, 7) is 0. The third-order valence-electron chi connectivity index (χ3n) is 1.89. The van der Waals surface area contributed by atoms with Crippen molar-refractivity contribution in [3.8, 4) is 11.8 Å². The van der Waals surface area contributed by atoms with Crippen LogP contribution >= 0.6 is 12.6 Å². The summed E-state index contributed by atoms with van der Waals surface area (Å²) in [4.78, 5) is 3.17. The van der Waals surface area contributed by atoms with E-state index in [2.05, 4.69) is 35.5 Å². The molecule has 0 aliphatic rings. The number of para-hydroxylation sites is 1. The van der Waals surface area contributed by atoms with Crippen molar-refractivity contribution >= 4 is 23.5 Å². The van der Waals surface area contributed by atoms with E-state index in [1.807, 2.05) is 24.4 Å². The van der Waals surface area contributed by atoms with E-state index in [9.17, 15) is 0 Å². The topological polar surface area (TPSA) is 15.8 Å². The van der Waals surface area contributed by atoms with Crippen LogP contribution in [0.4, 0.5) is 0 Å². The number of H-pyrrole nitrogens is 1. The first kappa shape index (κ1) is 8.28. The van der Waals surface area contributed by atoms with Crippen LogP contribution in [0.15, 0.2) is 30.5 Å². The van der Waals surface area contributed by atoms with Crippen LogP contribution in [0, 0.1) is 11.8 Å². The fraction of sp³-hybridized carbons (Fsp3) is 0.0909. The van der Waals surface area contributed by atoms with Crippen molar-refractivity contribution in [1.82, 2.24) is 4.98 Å². The van der Waals surface area contributed by atoms with Gasteiger partial charge in [-0.15, -0.1) is 0 Å². The van der Waals surface area contributed by atoms with Gasteiger partial charge in [0.05, 0.1) is 11.3 Å². The Labute approximate surface area is 82.6 Å². The first-order chi connectivity index (χ1) is 6.42. The quantitative estimate of drug-likeness (QED) is 0.465. The molecule has 1 aromatic heterocycles. The van der Waals surface area contributed by atoms with Crippen LogP contribution in [0.3, 0.4) is 0 Å². The van der Waals surface area contributed by atoms with E-state index in [1.165, 1.54) is 5.39 Å². The minimum Gasteiger partial charge on any atom is -0.360 e. The monoisotopic (exact) mass is 187 g/mol. The van der Waals surface area contributed by atoms with E-state index in [4.69, 9.17) is 0 Å². The van der Waals surface area contributed by atoms with Crippen molar-refractivity contribution < 1.29 is 0 Å². The second-order valence-electron chi connectivity index (χ2n) is 2.71. The molecule has 0 spiro atoms. The second-order valence-corrected chi connectivity index (χ2v) is 3.02. The smallest absolute Gasteiger partial charge is 0.0612 e. The van der Waals surface area contributed by atoms with Crippen molar-refractivity contribution in [2.75, 3.05) is 5.75 Å². The van der Waals surface area contributed by atoms with Gasteiger partial charge in [0.25, 0.3) is 0 Å². The summed E-state index contributed by atoms with van der Waals surface area (Å²) in [5.41, 5.74) is 2.15. The Bertz CT molecular complexity index is 473. The highest BCUT2D eigenvalue weighted by Crippen LogP contribution is 2.15. The van der Waals surface area contributed by atoms with Gasteiger partial charge in [-0.1, -0.05) is 24.0 Å². The standard InChI is InChI=1S/C11H9NS/c13-8-2-5-9-3-1-4-10-6-7-12-11(9)10/h1,3-4,6-7,12-13H,8H2. The Hall–Kier alpha value is -1.33. The Morgan fingerprint density at radius 1 is 1.31 bits per heavy atom. The third-order valence-corrected chi connectivity index (χ3v) is 2.05. The van der Waals surface area contributed by atoms with E-state index in [-0.39, 0.29) is 0 Å². The zero-order valence-electron chi connectivity index (χ0n) is 7.04. The summed E-state index contributed by atoms with van der Waals surface area (Å²) in [5, 5.41) is 1.20. The zero-order chi connectivity index (χ0) is 9.10. The Morgan fingerprint density at radius 2 is 2.23 bits per heavy atom. The lowest BCUT2D eigenvalue weighted by atomic mass is 10.1. The maximum Gasteiger partial charge on any atom is 0.0612 e. The number of fused-ring (bicyclic) bond motifs is 1. The number of nitrogens with one attached hydrogen (secondary N) is 1. The largest absolute Gasteiger partial charge is 0.360 e. The highest BCUT2D eigenvalue weighted by molar-refractivity contribution is 7.80. The summed E-state index contributed by atoms with van der Waals surface area (Å²) in [6, 6.07) is 8.13. The highest BCUT2D eigenvalue weighted by Gasteiger charge is 1.96. The lowest BCUT2D eigenvalue weighted by molar-refractivity contribution is 1.47. The van der Waals surface area contributed by atoms with Gasteiger partial charge in [-0.05, 0) is 12.1 Å². The van der Waals surface area contributed by atoms with E-state index < -0.39 is 0 Å². The molecule has 1 N–H and O–H groups in total. The fourth-order valence-corrected chi connectivity index (χ4v) is 1.40. The molecule has 0 fully saturated rings. The van der Waals surface area contributed by atoms with Gasteiger partial charge in [-0.2, -0.15) is 12.6 Å². The van der Waals surface area contributed by atoms with Crippen molar-refractivity contribution in [2.24, 2.45) is 0 Å². The molecule has 2 rings (SSSR count). The second kappa shape index (κ2) is 3.59. The molecule has 0 atom stereocenters. The van der Waals surface area contributed by atoms with Crippen LogP contribution in [-0.2, 0) is 0 Å². The molecular weight excluding hydrogens is 178 g/mol.